The molecule has 19 heavy (non-hydrogen) atoms. The molecule has 1 aliphatic carbocycles. The minimum atomic E-state index is -0.700. The Hall–Kier alpha value is -1.62. The van der Waals surface area contributed by atoms with Crippen molar-refractivity contribution in [2.75, 3.05) is 11.9 Å². The van der Waals surface area contributed by atoms with E-state index in [0.29, 0.717) is 25.5 Å². The van der Waals surface area contributed by atoms with Crippen LogP contribution in [0.1, 0.15) is 25.7 Å². The number of nitrogens with zero attached hydrogens (tertiary/aromatic N) is 1. The third-order valence-corrected chi connectivity index (χ3v) is 4.10. The lowest BCUT2D eigenvalue weighted by Gasteiger charge is -2.50. The Bertz CT molecular complexity index is 457. The molecule has 2 N–H and O–H groups in total. The number of hydrogen-bond donors (Lipinski definition) is 2. The number of carboxylic acids is 1. The fourth-order valence-electron chi connectivity index (χ4n) is 3.11. The van der Waals surface area contributed by atoms with Crippen molar-refractivity contribution in [3.63, 3.8) is 0 Å². The van der Waals surface area contributed by atoms with Crippen LogP contribution in [0.5, 0.6) is 0 Å². The summed E-state index contributed by atoms with van der Waals surface area (Å²) in [7, 11) is 0. The fourth-order valence-corrected chi connectivity index (χ4v) is 3.11. The molecule has 5 heteroatoms. The fraction of sp³-hybridized carbons (Fsp3) is 0.571. The van der Waals surface area contributed by atoms with Crippen molar-refractivity contribution in [2.45, 2.75) is 37.3 Å². The molecule has 0 radical (unpaired) electrons. The van der Waals surface area contributed by atoms with Crippen molar-refractivity contribution >= 4 is 11.8 Å². The van der Waals surface area contributed by atoms with E-state index in [1.54, 1.807) is 6.20 Å². The topological polar surface area (TPSA) is 71.5 Å². The average Bonchev–Trinajstić information content (AvgIpc) is 2.37. The van der Waals surface area contributed by atoms with Gasteiger partial charge in [0.15, 0.2) is 0 Å². The second kappa shape index (κ2) is 4.81. The van der Waals surface area contributed by atoms with Gasteiger partial charge in [-0.15, -0.1) is 0 Å². The van der Waals surface area contributed by atoms with Crippen molar-refractivity contribution in [3.05, 3.63) is 24.4 Å². The zero-order valence-electron chi connectivity index (χ0n) is 10.7. The molecule has 1 saturated carbocycles. The van der Waals surface area contributed by atoms with Crippen molar-refractivity contribution in [1.29, 1.82) is 0 Å². The number of aliphatic carboxylic acids is 1. The van der Waals surface area contributed by atoms with Gasteiger partial charge in [-0.1, -0.05) is 6.07 Å². The van der Waals surface area contributed by atoms with E-state index in [1.807, 2.05) is 18.2 Å². The second-order valence-corrected chi connectivity index (χ2v) is 5.52. The number of carboxylic acid groups (broad SMARTS) is 1. The van der Waals surface area contributed by atoms with Crippen LogP contribution in [-0.2, 0) is 9.53 Å². The molecule has 1 saturated heterocycles. The molecule has 1 aromatic rings. The lowest BCUT2D eigenvalue weighted by molar-refractivity contribution is -0.179. The Kier molecular flexibility index (Phi) is 3.14. The van der Waals surface area contributed by atoms with Gasteiger partial charge in [-0.3, -0.25) is 4.79 Å². The molecule has 5 nitrogen and oxygen atoms in total. The predicted molar refractivity (Wildman–Crippen MR) is 69.9 cm³/mol. The van der Waals surface area contributed by atoms with E-state index in [0.717, 1.165) is 18.7 Å². The predicted octanol–water partition coefficient (Wildman–Crippen LogP) is 1.91. The van der Waals surface area contributed by atoms with Gasteiger partial charge in [0.1, 0.15) is 5.82 Å². The molecule has 102 valence electrons. The molecule has 3 rings (SSSR count). The molecule has 1 atom stereocenters. The van der Waals surface area contributed by atoms with Gasteiger partial charge in [0.05, 0.1) is 11.5 Å². The van der Waals surface area contributed by atoms with Crippen LogP contribution < -0.4 is 5.32 Å². The van der Waals surface area contributed by atoms with Crippen molar-refractivity contribution < 1.29 is 14.6 Å². The van der Waals surface area contributed by atoms with E-state index in [1.165, 1.54) is 0 Å². The van der Waals surface area contributed by atoms with Crippen molar-refractivity contribution in [2.24, 2.45) is 5.92 Å². The molecule has 0 amide bonds. The van der Waals surface area contributed by atoms with Gasteiger partial charge in [-0.2, -0.15) is 0 Å². The molecule has 1 unspecified atom stereocenters. The summed E-state index contributed by atoms with van der Waals surface area (Å²) in [4.78, 5) is 15.2. The number of nitrogens with one attached hydrogen (secondary N) is 1. The monoisotopic (exact) mass is 262 g/mol. The molecular formula is C14H18N2O3. The largest absolute Gasteiger partial charge is 0.481 e. The van der Waals surface area contributed by atoms with E-state index in [9.17, 15) is 4.79 Å². The molecule has 2 heterocycles. The quantitative estimate of drug-likeness (QED) is 0.870. The van der Waals surface area contributed by atoms with Crippen LogP contribution in [0, 0.1) is 5.92 Å². The zero-order valence-corrected chi connectivity index (χ0v) is 10.7. The van der Waals surface area contributed by atoms with Crippen LogP contribution in [0.25, 0.3) is 0 Å². The van der Waals surface area contributed by atoms with Gasteiger partial charge in [-0.05, 0) is 37.8 Å². The summed E-state index contributed by atoms with van der Waals surface area (Å²) in [5.41, 5.74) is -0.215. The number of aromatic nitrogens is 1. The second-order valence-electron chi connectivity index (χ2n) is 5.52. The summed E-state index contributed by atoms with van der Waals surface area (Å²) in [6.07, 6.45) is 4.86. The van der Waals surface area contributed by atoms with Gasteiger partial charge in [0.2, 0.25) is 0 Å². The van der Waals surface area contributed by atoms with Crippen molar-refractivity contribution in [1.82, 2.24) is 4.98 Å². The zero-order chi connectivity index (χ0) is 13.3. The number of anilines is 1. The number of rotatable bonds is 3. The van der Waals surface area contributed by atoms with Gasteiger partial charge < -0.3 is 15.2 Å². The molecule has 2 aliphatic rings. The number of pyridine rings is 1. The van der Waals surface area contributed by atoms with E-state index < -0.39 is 5.97 Å². The first-order chi connectivity index (χ1) is 9.17. The molecule has 2 fully saturated rings. The first kappa shape index (κ1) is 12.4. The normalized spacial score (nSPS) is 33.7. The summed E-state index contributed by atoms with van der Waals surface area (Å²) in [5.74, 6) is -0.0544. The number of ether oxygens (including phenoxy) is 1. The summed E-state index contributed by atoms with van der Waals surface area (Å²) >= 11 is 0. The Morgan fingerprint density at radius 1 is 1.42 bits per heavy atom. The first-order valence-corrected chi connectivity index (χ1v) is 6.71. The molecular weight excluding hydrogens is 244 g/mol. The van der Waals surface area contributed by atoms with Crippen molar-refractivity contribution in [3.8, 4) is 0 Å². The first-order valence-electron chi connectivity index (χ1n) is 6.71. The van der Waals surface area contributed by atoms with Crippen LogP contribution in [0.3, 0.4) is 0 Å². The van der Waals surface area contributed by atoms with Gasteiger partial charge in [0.25, 0.3) is 0 Å². The van der Waals surface area contributed by atoms with E-state index in [-0.39, 0.29) is 11.5 Å². The molecule has 1 aliphatic heterocycles. The van der Waals surface area contributed by atoms with Crippen LogP contribution in [0.15, 0.2) is 24.4 Å². The summed E-state index contributed by atoms with van der Waals surface area (Å²) < 4.78 is 5.83. The highest BCUT2D eigenvalue weighted by molar-refractivity contribution is 5.71. The highest BCUT2D eigenvalue weighted by atomic mass is 16.5. The summed E-state index contributed by atoms with van der Waals surface area (Å²) in [5, 5.41) is 12.4. The third-order valence-electron chi connectivity index (χ3n) is 4.10. The van der Waals surface area contributed by atoms with Gasteiger partial charge in [0, 0.05) is 18.8 Å². The standard InChI is InChI=1S/C14H18N2O3/c17-13(18)10-7-14(8-10)9-11(4-6-19-14)16-12-3-1-2-5-15-12/h1-3,5,10-11H,4,6-9H2,(H,15,16)(H,17,18). The van der Waals surface area contributed by atoms with Crippen LogP contribution in [-0.4, -0.2) is 34.3 Å². The minimum Gasteiger partial charge on any atom is -0.481 e. The van der Waals surface area contributed by atoms with Crippen LogP contribution in [0.2, 0.25) is 0 Å². The Balaban J connectivity index is 1.59. The van der Waals surface area contributed by atoms with E-state index in [4.69, 9.17) is 9.84 Å². The lowest BCUT2D eigenvalue weighted by Crippen LogP contribution is -2.54. The number of hydrogen-bond acceptors (Lipinski definition) is 4. The van der Waals surface area contributed by atoms with E-state index in [2.05, 4.69) is 10.3 Å². The third kappa shape index (κ3) is 2.56. The Morgan fingerprint density at radius 2 is 2.26 bits per heavy atom. The SMILES string of the molecule is O=C(O)C1CC2(CC(Nc3ccccn3)CCO2)C1. The molecule has 1 spiro atoms. The average molecular weight is 262 g/mol. The lowest BCUT2D eigenvalue weighted by atomic mass is 9.66. The Morgan fingerprint density at radius 3 is 2.95 bits per heavy atom. The van der Waals surface area contributed by atoms with Gasteiger partial charge in [-0.25, -0.2) is 4.98 Å². The Labute approximate surface area is 112 Å². The van der Waals surface area contributed by atoms with Gasteiger partial charge >= 0.3 is 5.97 Å². The molecule has 0 bridgehead atoms. The smallest absolute Gasteiger partial charge is 0.306 e. The van der Waals surface area contributed by atoms with Crippen LogP contribution >= 0.6 is 0 Å². The summed E-state index contributed by atoms with van der Waals surface area (Å²) in [6.45, 7) is 0.691. The highest BCUT2D eigenvalue weighted by Gasteiger charge is 2.51. The van der Waals surface area contributed by atoms with Crippen LogP contribution in [0.4, 0.5) is 5.82 Å². The maximum Gasteiger partial charge on any atom is 0.306 e. The van der Waals surface area contributed by atoms with E-state index >= 15 is 0 Å². The summed E-state index contributed by atoms with van der Waals surface area (Å²) in [6, 6.07) is 6.11. The maximum atomic E-state index is 10.9. The molecule has 1 aromatic heterocycles. The minimum absolute atomic E-state index is 0.215. The molecule has 0 aromatic carbocycles. The maximum absolute atomic E-state index is 10.9. The highest BCUT2D eigenvalue weighted by Crippen LogP contribution is 2.46. The number of carbonyl (C=O) groups is 1.